The summed E-state index contributed by atoms with van der Waals surface area (Å²) in [6.07, 6.45) is -0.410. The number of rotatable bonds is 4. The topological polar surface area (TPSA) is 105 Å². The second-order valence-electron chi connectivity index (χ2n) is 3.71. The normalized spacial score (nSPS) is 14.2. The zero-order chi connectivity index (χ0) is 12.3. The lowest BCUT2D eigenvalue weighted by Gasteiger charge is -2.17. The van der Waals surface area contributed by atoms with Crippen LogP contribution in [0, 0.1) is 0 Å². The molecule has 6 heteroatoms. The fourth-order valence-electron chi connectivity index (χ4n) is 1.79. The fourth-order valence-corrected chi connectivity index (χ4v) is 1.79. The maximum absolute atomic E-state index is 9.98. The molecule has 2 unspecified atom stereocenters. The molecule has 0 bridgehead atoms. The lowest BCUT2D eigenvalue weighted by atomic mass is 10.0. The third-order valence-corrected chi connectivity index (χ3v) is 2.64. The van der Waals surface area contributed by atoms with Crippen molar-refractivity contribution in [1.29, 1.82) is 0 Å². The van der Waals surface area contributed by atoms with E-state index >= 15 is 0 Å². The molecule has 1 heterocycles. The molecule has 0 saturated carbocycles. The largest absolute Gasteiger partial charge is 0.390 e. The van der Waals surface area contributed by atoms with Gasteiger partial charge < -0.3 is 15.2 Å². The van der Waals surface area contributed by atoms with E-state index in [0.29, 0.717) is 5.56 Å². The highest BCUT2D eigenvalue weighted by Crippen LogP contribution is 2.25. The molecule has 17 heavy (non-hydrogen) atoms. The first-order chi connectivity index (χ1) is 8.24. The molecular weight excluding hydrogens is 220 g/mol. The number of nitrogens with one attached hydrogen (secondary N) is 1. The Morgan fingerprint density at radius 3 is 2.94 bits per heavy atom. The molecule has 6 nitrogen and oxygen atoms in total. The summed E-state index contributed by atoms with van der Waals surface area (Å²) in [6, 6.07) is 7.23. The molecule has 0 saturated heterocycles. The van der Waals surface area contributed by atoms with Gasteiger partial charge in [-0.1, -0.05) is 17.2 Å². The minimum Gasteiger partial charge on any atom is -0.390 e. The van der Waals surface area contributed by atoms with Crippen molar-refractivity contribution in [1.82, 2.24) is 4.98 Å². The first kappa shape index (κ1) is 11.5. The summed E-state index contributed by atoms with van der Waals surface area (Å²) in [4.78, 5) is 5.57. The van der Waals surface area contributed by atoms with Gasteiger partial charge in [-0.05, 0) is 23.2 Å². The first-order valence-electron chi connectivity index (χ1n) is 5.17. The Labute approximate surface area is 97.1 Å². The third kappa shape index (κ3) is 2.24. The van der Waals surface area contributed by atoms with Crippen LogP contribution in [0.25, 0.3) is 21.3 Å². The van der Waals surface area contributed by atoms with E-state index in [4.69, 9.17) is 5.53 Å². The van der Waals surface area contributed by atoms with E-state index in [1.165, 1.54) is 0 Å². The van der Waals surface area contributed by atoms with Crippen LogP contribution in [-0.2, 0) is 0 Å². The van der Waals surface area contributed by atoms with Gasteiger partial charge in [-0.3, -0.25) is 0 Å². The molecule has 2 atom stereocenters. The first-order valence-corrected chi connectivity index (χ1v) is 5.17. The predicted molar refractivity (Wildman–Crippen MR) is 63.3 cm³/mol. The monoisotopic (exact) mass is 232 g/mol. The Kier molecular flexibility index (Phi) is 3.30. The van der Waals surface area contributed by atoms with E-state index in [2.05, 4.69) is 15.0 Å². The second-order valence-corrected chi connectivity index (χ2v) is 3.71. The quantitative estimate of drug-likeness (QED) is 0.425. The van der Waals surface area contributed by atoms with Crippen molar-refractivity contribution >= 4 is 10.9 Å². The van der Waals surface area contributed by atoms with Crippen molar-refractivity contribution in [2.45, 2.75) is 12.2 Å². The van der Waals surface area contributed by atoms with Gasteiger partial charge in [0.25, 0.3) is 0 Å². The van der Waals surface area contributed by atoms with Crippen molar-refractivity contribution in [3.63, 3.8) is 0 Å². The molecule has 2 rings (SSSR count). The molecule has 3 N–H and O–H groups in total. The molecule has 88 valence electrons. The average molecular weight is 232 g/mol. The van der Waals surface area contributed by atoms with Crippen molar-refractivity contribution < 1.29 is 10.2 Å². The van der Waals surface area contributed by atoms with E-state index < -0.39 is 12.2 Å². The highest BCUT2D eigenvalue weighted by atomic mass is 16.3. The summed E-state index contributed by atoms with van der Waals surface area (Å²) < 4.78 is 0. The summed E-state index contributed by atoms with van der Waals surface area (Å²) in [7, 11) is 0. The van der Waals surface area contributed by atoms with Gasteiger partial charge >= 0.3 is 0 Å². The Balaban J connectivity index is 2.32. The van der Waals surface area contributed by atoms with Crippen LogP contribution < -0.4 is 0 Å². The molecule has 0 spiro atoms. The molecule has 0 amide bonds. The van der Waals surface area contributed by atoms with Gasteiger partial charge in [0.15, 0.2) is 0 Å². The Morgan fingerprint density at radius 1 is 1.35 bits per heavy atom. The van der Waals surface area contributed by atoms with Crippen LogP contribution in [0.3, 0.4) is 0 Å². The van der Waals surface area contributed by atoms with Crippen LogP contribution in [0.2, 0.25) is 0 Å². The maximum atomic E-state index is 9.98. The molecule has 0 aliphatic rings. The zero-order valence-electron chi connectivity index (χ0n) is 8.98. The fraction of sp³-hybridized carbons (Fsp3) is 0.273. The standard InChI is InChI=1S/C11H12N4O2/c12-15-14-6-10(16)11(17)8-2-1-3-9-7(8)4-5-13-9/h1-5,10-11,13,16-17H,6H2. The Bertz CT molecular complexity index is 559. The van der Waals surface area contributed by atoms with Gasteiger partial charge in [-0.25, -0.2) is 0 Å². The van der Waals surface area contributed by atoms with Crippen LogP contribution >= 0.6 is 0 Å². The minimum absolute atomic E-state index is 0.154. The van der Waals surface area contributed by atoms with E-state index in [9.17, 15) is 10.2 Å². The van der Waals surface area contributed by atoms with E-state index in [1.807, 2.05) is 12.1 Å². The predicted octanol–water partition coefficient (Wildman–Crippen LogP) is 1.87. The number of aliphatic hydroxyl groups excluding tert-OH is 2. The smallest absolute Gasteiger partial charge is 0.106 e. The van der Waals surface area contributed by atoms with Gasteiger partial charge in [-0.2, -0.15) is 0 Å². The van der Waals surface area contributed by atoms with Gasteiger partial charge in [0, 0.05) is 22.0 Å². The molecule has 1 aromatic heterocycles. The lowest BCUT2D eigenvalue weighted by Crippen LogP contribution is -2.21. The molecular formula is C11H12N4O2. The van der Waals surface area contributed by atoms with Crippen molar-refractivity contribution in [3.05, 3.63) is 46.5 Å². The molecule has 1 aromatic carbocycles. The van der Waals surface area contributed by atoms with E-state index in [0.717, 1.165) is 10.9 Å². The minimum atomic E-state index is -1.11. The Morgan fingerprint density at radius 2 is 2.18 bits per heavy atom. The van der Waals surface area contributed by atoms with Gasteiger partial charge in [0.05, 0.1) is 12.6 Å². The zero-order valence-corrected chi connectivity index (χ0v) is 8.98. The van der Waals surface area contributed by atoms with Crippen LogP contribution in [0.1, 0.15) is 11.7 Å². The molecule has 2 aromatic rings. The highest BCUT2D eigenvalue weighted by Gasteiger charge is 2.19. The summed E-state index contributed by atoms with van der Waals surface area (Å²) >= 11 is 0. The number of aliphatic hydroxyl groups is 2. The number of azide groups is 1. The maximum Gasteiger partial charge on any atom is 0.106 e. The number of benzene rings is 1. The molecule has 0 radical (unpaired) electrons. The number of fused-ring (bicyclic) bond motifs is 1. The van der Waals surface area contributed by atoms with Gasteiger partial charge in [0.2, 0.25) is 0 Å². The van der Waals surface area contributed by atoms with Crippen molar-refractivity contribution in [3.8, 4) is 0 Å². The molecule has 0 aliphatic heterocycles. The van der Waals surface area contributed by atoms with E-state index in [1.54, 1.807) is 18.3 Å². The number of aromatic amines is 1. The number of hydrogen-bond acceptors (Lipinski definition) is 3. The van der Waals surface area contributed by atoms with Gasteiger partial charge in [0.1, 0.15) is 6.10 Å². The van der Waals surface area contributed by atoms with Crippen LogP contribution in [-0.4, -0.2) is 27.8 Å². The summed E-state index contributed by atoms with van der Waals surface area (Å²) in [6.45, 7) is -0.154. The molecule has 0 fully saturated rings. The van der Waals surface area contributed by atoms with E-state index in [-0.39, 0.29) is 6.54 Å². The Hall–Kier alpha value is -2.01. The van der Waals surface area contributed by atoms with Crippen LogP contribution in [0.5, 0.6) is 0 Å². The summed E-state index contributed by atoms with van der Waals surface area (Å²) in [5.41, 5.74) is 9.67. The highest BCUT2D eigenvalue weighted by molar-refractivity contribution is 5.83. The van der Waals surface area contributed by atoms with Gasteiger partial charge in [-0.15, -0.1) is 0 Å². The van der Waals surface area contributed by atoms with Crippen LogP contribution in [0.4, 0.5) is 0 Å². The van der Waals surface area contributed by atoms with Crippen molar-refractivity contribution in [2.75, 3.05) is 6.54 Å². The number of aromatic nitrogens is 1. The number of nitrogens with zero attached hydrogens (tertiary/aromatic N) is 3. The number of H-pyrrole nitrogens is 1. The SMILES string of the molecule is [N-]=[N+]=NCC(O)C(O)c1cccc2[nH]ccc12. The van der Waals surface area contributed by atoms with Crippen LogP contribution in [0.15, 0.2) is 35.6 Å². The van der Waals surface area contributed by atoms with Crippen molar-refractivity contribution in [2.24, 2.45) is 5.11 Å². The second kappa shape index (κ2) is 4.88. The lowest BCUT2D eigenvalue weighted by molar-refractivity contribution is 0.0253. The summed E-state index contributed by atoms with van der Waals surface area (Å²) in [5, 5.41) is 23.8. The number of hydrogen-bond donors (Lipinski definition) is 3. The molecule has 0 aliphatic carbocycles. The third-order valence-electron chi connectivity index (χ3n) is 2.64. The average Bonchev–Trinajstić information content (AvgIpc) is 2.82. The summed E-state index contributed by atoms with van der Waals surface area (Å²) in [5.74, 6) is 0.